The smallest absolute Gasteiger partial charge is 0.0604 e. The Morgan fingerprint density at radius 3 is 2.65 bits per heavy atom. The fourth-order valence-corrected chi connectivity index (χ4v) is 2.84. The average Bonchev–Trinajstić information content (AvgIpc) is 2.32. The highest BCUT2D eigenvalue weighted by molar-refractivity contribution is 7.85. The third kappa shape index (κ3) is 5.38. The first kappa shape index (κ1) is 15.0. The van der Waals surface area contributed by atoms with Gasteiger partial charge in [0.15, 0.2) is 0 Å². The summed E-state index contributed by atoms with van der Waals surface area (Å²) in [5.41, 5.74) is 0. The molecule has 1 rings (SSSR count). The maximum atomic E-state index is 11.9. The fourth-order valence-electron chi connectivity index (χ4n) is 1.37. The molecule has 1 aromatic rings. The summed E-state index contributed by atoms with van der Waals surface area (Å²) in [6, 6.07) is 5.13. The van der Waals surface area contributed by atoms with Crippen LogP contribution in [0.2, 0.25) is 10.0 Å². The number of nitrogens with one attached hydrogen (secondary N) is 1. The van der Waals surface area contributed by atoms with Crippen LogP contribution in [0.15, 0.2) is 23.1 Å². The Bertz CT molecular complexity index is 385. The van der Waals surface area contributed by atoms with Crippen molar-refractivity contribution in [2.45, 2.75) is 24.7 Å². The lowest BCUT2D eigenvalue weighted by molar-refractivity contribution is 0.652. The van der Waals surface area contributed by atoms with Gasteiger partial charge in [-0.25, -0.2) is 0 Å². The Labute approximate surface area is 115 Å². The van der Waals surface area contributed by atoms with E-state index in [9.17, 15) is 4.21 Å². The zero-order valence-electron chi connectivity index (χ0n) is 9.84. The Morgan fingerprint density at radius 1 is 1.24 bits per heavy atom. The number of hydrogen-bond acceptors (Lipinski definition) is 2. The number of halogens is 2. The number of benzene rings is 1. The van der Waals surface area contributed by atoms with Gasteiger partial charge in [0.25, 0.3) is 0 Å². The van der Waals surface area contributed by atoms with Gasteiger partial charge in [0.2, 0.25) is 0 Å². The van der Waals surface area contributed by atoms with E-state index in [-0.39, 0.29) is 0 Å². The summed E-state index contributed by atoms with van der Waals surface area (Å²) >= 11 is 11.7. The highest BCUT2D eigenvalue weighted by Gasteiger charge is 2.06. The lowest BCUT2D eigenvalue weighted by Crippen LogP contribution is -2.17. The van der Waals surface area contributed by atoms with Gasteiger partial charge in [-0.05, 0) is 44.1 Å². The van der Waals surface area contributed by atoms with Gasteiger partial charge in [-0.1, -0.05) is 30.1 Å². The van der Waals surface area contributed by atoms with E-state index in [2.05, 4.69) is 12.2 Å². The Kier molecular flexibility index (Phi) is 7.12. The van der Waals surface area contributed by atoms with Gasteiger partial charge in [0, 0.05) is 10.6 Å². The highest BCUT2D eigenvalue weighted by Crippen LogP contribution is 2.24. The van der Waals surface area contributed by atoms with Crippen LogP contribution in [-0.4, -0.2) is 23.1 Å². The van der Waals surface area contributed by atoms with E-state index in [1.807, 2.05) is 0 Å². The Balaban J connectivity index is 2.39. The minimum Gasteiger partial charge on any atom is -0.317 e. The highest BCUT2D eigenvalue weighted by atomic mass is 35.5. The molecule has 5 heteroatoms. The fraction of sp³-hybridized carbons (Fsp3) is 0.500. The van der Waals surface area contributed by atoms with Crippen molar-refractivity contribution in [2.24, 2.45) is 0 Å². The van der Waals surface area contributed by atoms with Crippen LogP contribution in [0.1, 0.15) is 19.8 Å². The summed E-state index contributed by atoms with van der Waals surface area (Å²) in [7, 11) is -0.990. The molecule has 1 N–H and O–H groups in total. The van der Waals surface area contributed by atoms with Crippen LogP contribution in [0, 0.1) is 0 Å². The minimum atomic E-state index is -0.990. The van der Waals surface area contributed by atoms with Crippen LogP contribution in [-0.2, 0) is 10.8 Å². The van der Waals surface area contributed by atoms with Crippen LogP contribution < -0.4 is 5.32 Å². The summed E-state index contributed by atoms with van der Waals surface area (Å²) in [6.45, 7) is 4.04. The topological polar surface area (TPSA) is 29.1 Å². The molecule has 1 unspecified atom stereocenters. The lowest BCUT2D eigenvalue weighted by atomic mass is 10.4. The molecule has 2 nitrogen and oxygen atoms in total. The first-order valence-corrected chi connectivity index (χ1v) is 7.76. The zero-order chi connectivity index (χ0) is 12.7. The van der Waals surface area contributed by atoms with Crippen molar-refractivity contribution < 1.29 is 4.21 Å². The second kappa shape index (κ2) is 8.09. The van der Waals surface area contributed by atoms with Crippen molar-refractivity contribution in [1.82, 2.24) is 5.32 Å². The van der Waals surface area contributed by atoms with Crippen LogP contribution in [0.3, 0.4) is 0 Å². The van der Waals surface area contributed by atoms with E-state index >= 15 is 0 Å². The molecule has 0 fully saturated rings. The minimum absolute atomic E-state index is 0.460. The molecule has 0 aliphatic carbocycles. The molecule has 1 aromatic carbocycles. The summed E-state index contributed by atoms with van der Waals surface area (Å²) in [6.07, 6.45) is 2.02. The van der Waals surface area contributed by atoms with E-state index in [1.54, 1.807) is 18.2 Å². The van der Waals surface area contributed by atoms with Crippen molar-refractivity contribution in [1.29, 1.82) is 0 Å². The van der Waals surface area contributed by atoms with Crippen LogP contribution in [0.5, 0.6) is 0 Å². The molecule has 0 spiro atoms. The SMILES string of the molecule is CCCNCCCS(=O)c1ccc(Cl)c(Cl)c1. The predicted octanol–water partition coefficient (Wildman–Crippen LogP) is 3.49. The molecule has 0 saturated carbocycles. The molecule has 0 radical (unpaired) electrons. The van der Waals surface area contributed by atoms with Crippen molar-refractivity contribution in [2.75, 3.05) is 18.8 Å². The molecule has 0 aromatic heterocycles. The predicted molar refractivity (Wildman–Crippen MR) is 75.5 cm³/mol. The van der Waals surface area contributed by atoms with Crippen molar-refractivity contribution >= 4 is 34.0 Å². The molecule has 17 heavy (non-hydrogen) atoms. The largest absolute Gasteiger partial charge is 0.317 e. The second-order valence-electron chi connectivity index (χ2n) is 3.73. The maximum Gasteiger partial charge on any atom is 0.0604 e. The number of rotatable bonds is 7. The van der Waals surface area contributed by atoms with E-state index < -0.39 is 10.8 Å². The van der Waals surface area contributed by atoms with Crippen LogP contribution in [0.25, 0.3) is 0 Å². The lowest BCUT2D eigenvalue weighted by Gasteiger charge is -2.05. The molecule has 1 atom stereocenters. The van der Waals surface area contributed by atoms with Gasteiger partial charge in [-0.2, -0.15) is 0 Å². The molecule has 96 valence electrons. The Morgan fingerprint density at radius 2 is 2.00 bits per heavy atom. The first-order valence-electron chi connectivity index (χ1n) is 5.69. The molecule has 0 aliphatic heterocycles. The van der Waals surface area contributed by atoms with Crippen molar-refractivity contribution in [3.05, 3.63) is 28.2 Å². The third-order valence-electron chi connectivity index (χ3n) is 2.26. The number of hydrogen-bond donors (Lipinski definition) is 1. The maximum absolute atomic E-state index is 11.9. The summed E-state index contributed by atoms with van der Waals surface area (Å²) < 4.78 is 11.9. The van der Waals surface area contributed by atoms with Crippen LogP contribution in [0.4, 0.5) is 0 Å². The molecule has 0 aliphatic rings. The van der Waals surface area contributed by atoms with Gasteiger partial charge in [-0.3, -0.25) is 4.21 Å². The monoisotopic (exact) mass is 293 g/mol. The summed E-state index contributed by atoms with van der Waals surface area (Å²) in [4.78, 5) is 0.745. The van der Waals surface area contributed by atoms with Gasteiger partial charge >= 0.3 is 0 Å². The Hall–Kier alpha value is -0.0900. The summed E-state index contributed by atoms with van der Waals surface area (Å²) in [5.74, 6) is 0.647. The van der Waals surface area contributed by atoms with E-state index in [1.165, 1.54) is 0 Å². The zero-order valence-corrected chi connectivity index (χ0v) is 12.2. The average molecular weight is 294 g/mol. The normalized spacial score (nSPS) is 12.6. The van der Waals surface area contributed by atoms with E-state index in [4.69, 9.17) is 23.2 Å². The molecule has 0 amide bonds. The quantitative estimate of drug-likeness (QED) is 0.780. The second-order valence-corrected chi connectivity index (χ2v) is 6.11. The van der Waals surface area contributed by atoms with Gasteiger partial charge < -0.3 is 5.32 Å². The standard InChI is InChI=1S/C12H17Cl2NOS/c1-2-6-15-7-3-8-17(16)10-4-5-11(13)12(14)9-10/h4-5,9,15H,2-3,6-8H2,1H3. The first-order chi connectivity index (χ1) is 8.15. The van der Waals surface area contributed by atoms with Gasteiger partial charge in [0.1, 0.15) is 0 Å². The van der Waals surface area contributed by atoms with Gasteiger partial charge in [0.05, 0.1) is 20.8 Å². The molecule has 0 heterocycles. The third-order valence-corrected chi connectivity index (χ3v) is 4.44. The molecule has 0 bridgehead atoms. The van der Waals surface area contributed by atoms with E-state index in [0.29, 0.717) is 15.8 Å². The van der Waals surface area contributed by atoms with Crippen LogP contribution >= 0.6 is 23.2 Å². The van der Waals surface area contributed by atoms with Crippen molar-refractivity contribution in [3.8, 4) is 0 Å². The molecular formula is C12H17Cl2NOS. The summed E-state index contributed by atoms with van der Waals surface area (Å²) in [5, 5.41) is 4.24. The van der Waals surface area contributed by atoms with Crippen molar-refractivity contribution in [3.63, 3.8) is 0 Å². The molecular weight excluding hydrogens is 277 g/mol. The van der Waals surface area contributed by atoms with Gasteiger partial charge in [-0.15, -0.1) is 0 Å². The van der Waals surface area contributed by atoms with E-state index in [0.717, 1.165) is 30.8 Å². The molecule has 0 saturated heterocycles.